The largest absolute Gasteiger partial charge is 0.347 e. The molecule has 1 heterocycles. The van der Waals surface area contributed by atoms with E-state index in [1.54, 1.807) is 0 Å². The molecule has 0 aliphatic heterocycles. The zero-order chi connectivity index (χ0) is 14.3. The molecule has 0 aliphatic carbocycles. The summed E-state index contributed by atoms with van der Waals surface area (Å²) in [7, 11) is 0. The maximum Gasteiger partial charge on any atom is 0.263 e. The van der Waals surface area contributed by atoms with Gasteiger partial charge in [-0.25, -0.2) is 4.98 Å². The van der Waals surface area contributed by atoms with E-state index >= 15 is 0 Å². The lowest BCUT2D eigenvalue weighted by molar-refractivity contribution is 0.0939. The zero-order valence-corrected chi connectivity index (χ0v) is 15.4. The van der Waals surface area contributed by atoms with E-state index < -0.39 is 0 Å². The molecule has 1 aromatic rings. The van der Waals surface area contributed by atoms with Crippen LogP contribution in [0.1, 0.15) is 59.9 Å². The van der Waals surface area contributed by atoms with Crippen molar-refractivity contribution in [2.75, 3.05) is 6.54 Å². The molecule has 3 N–H and O–H groups in total. The van der Waals surface area contributed by atoms with E-state index in [9.17, 15) is 4.79 Å². The Balaban J connectivity index is 0. The predicted molar refractivity (Wildman–Crippen MR) is 95.2 cm³/mol. The molecular weight excluding hydrogens is 329 g/mol. The van der Waals surface area contributed by atoms with Gasteiger partial charge in [0.25, 0.3) is 5.91 Å². The Hall–Kier alpha value is -0.360. The molecule has 1 unspecified atom stereocenters. The van der Waals surface area contributed by atoms with Gasteiger partial charge in [-0.3, -0.25) is 4.79 Å². The Labute approximate surface area is 144 Å². The topological polar surface area (TPSA) is 68.0 Å². The van der Waals surface area contributed by atoms with Crippen LogP contribution in [0.4, 0.5) is 0 Å². The number of halogens is 2. The summed E-state index contributed by atoms with van der Waals surface area (Å²) in [4.78, 5) is 17.4. The molecule has 1 amide bonds. The van der Waals surface area contributed by atoms with Crippen molar-refractivity contribution < 1.29 is 4.79 Å². The third-order valence-electron chi connectivity index (χ3n) is 3.04. The van der Waals surface area contributed by atoms with Gasteiger partial charge in [-0.1, -0.05) is 26.7 Å². The van der Waals surface area contributed by atoms with Gasteiger partial charge in [-0.15, -0.1) is 36.2 Å². The van der Waals surface area contributed by atoms with Crippen LogP contribution in [-0.2, 0) is 6.42 Å². The number of hydrogen-bond acceptors (Lipinski definition) is 4. The number of thiazole rings is 1. The first-order valence-corrected chi connectivity index (χ1v) is 7.91. The number of nitrogens with one attached hydrogen (secondary N) is 1. The van der Waals surface area contributed by atoms with Crippen LogP contribution in [0.3, 0.4) is 0 Å². The van der Waals surface area contributed by atoms with Gasteiger partial charge in [0.15, 0.2) is 0 Å². The van der Waals surface area contributed by atoms with Crippen LogP contribution in [0.25, 0.3) is 0 Å². The Bertz CT molecular complexity index is 413. The molecule has 0 spiro atoms. The first kappa shape index (κ1) is 22.9. The first-order chi connectivity index (χ1) is 9.12. The van der Waals surface area contributed by atoms with E-state index in [0.29, 0.717) is 6.54 Å². The summed E-state index contributed by atoms with van der Waals surface area (Å²) >= 11 is 1.50. The minimum Gasteiger partial charge on any atom is -0.347 e. The number of rotatable bonds is 8. The molecule has 0 radical (unpaired) electrons. The second-order valence-corrected chi connectivity index (χ2v) is 5.90. The van der Waals surface area contributed by atoms with Crippen LogP contribution in [0.2, 0.25) is 0 Å². The fourth-order valence-electron chi connectivity index (χ4n) is 1.93. The maximum atomic E-state index is 12.2. The van der Waals surface area contributed by atoms with Crippen molar-refractivity contribution in [2.45, 2.75) is 58.9 Å². The number of nitrogens with two attached hydrogens (primary N) is 1. The molecule has 4 nitrogen and oxygen atoms in total. The summed E-state index contributed by atoms with van der Waals surface area (Å²) < 4.78 is 0. The Morgan fingerprint density at radius 2 is 2.00 bits per heavy atom. The van der Waals surface area contributed by atoms with E-state index in [1.807, 2.05) is 6.92 Å². The molecule has 21 heavy (non-hydrogen) atoms. The van der Waals surface area contributed by atoms with E-state index in [2.05, 4.69) is 24.1 Å². The Morgan fingerprint density at radius 1 is 1.33 bits per heavy atom. The smallest absolute Gasteiger partial charge is 0.263 e. The predicted octanol–water partition coefficient (Wildman–Crippen LogP) is 3.49. The van der Waals surface area contributed by atoms with Crippen LogP contribution in [-0.4, -0.2) is 23.5 Å². The highest BCUT2D eigenvalue weighted by molar-refractivity contribution is 7.13. The van der Waals surface area contributed by atoms with Crippen molar-refractivity contribution in [3.05, 3.63) is 15.6 Å². The van der Waals surface area contributed by atoms with E-state index in [0.717, 1.165) is 47.7 Å². The maximum absolute atomic E-state index is 12.2. The lowest BCUT2D eigenvalue weighted by Gasteiger charge is -2.15. The summed E-state index contributed by atoms with van der Waals surface area (Å²) in [6, 6.07) is 0.0728. The number of nitrogens with zero attached hydrogens (tertiary/aromatic N) is 1. The molecule has 0 aliphatic rings. The third-order valence-corrected chi connectivity index (χ3v) is 4.25. The van der Waals surface area contributed by atoms with Crippen molar-refractivity contribution in [3.63, 3.8) is 0 Å². The minimum absolute atomic E-state index is 0. The molecule has 1 rings (SSSR count). The molecule has 0 fully saturated rings. The first-order valence-electron chi connectivity index (χ1n) is 7.09. The summed E-state index contributed by atoms with van der Waals surface area (Å²) in [5.74, 6) is -0.0242. The quantitative estimate of drug-likeness (QED) is 0.749. The highest BCUT2D eigenvalue weighted by atomic mass is 35.5. The highest BCUT2D eigenvalue weighted by Gasteiger charge is 2.17. The minimum atomic E-state index is -0.0242. The fourth-order valence-corrected chi connectivity index (χ4v) is 3.00. The second-order valence-electron chi connectivity index (χ2n) is 4.82. The summed E-state index contributed by atoms with van der Waals surface area (Å²) in [6.07, 6.45) is 5.14. The second kappa shape index (κ2) is 12.2. The summed E-state index contributed by atoms with van der Waals surface area (Å²) in [5.41, 5.74) is 6.53. The van der Waals surface area contributed by atoms with Gasteiger partial charge in [0, 0.05) is 12.6 Å². The highest BCUT2D eigenvalue weighted by Crippen LogP contribution is 2.19. The van der Waals surface area contributed by atoms with Gasteiger partial charge in [-0.05, 0) is 26.2 Å². The van der Waals surface area contributed by atoms with Gasteiger partial charge in [0.1, 0.15) is 4.88 Å². The summed E-state index contributed by atoms with van der Waals surface area (Å²) in [6.45, 7) is 6.64. The molecule has 0 saturated heterocycles. The molecule has 7 heteroatoms. The van der Waals surface area contributed by atoms with E-state index in [4.69, 9.17) is 5.73 Å². The van der Waals surface area contributed by atoms with E-state index in [-0.39, 0.29) is 36.8 Å². The number of carbonyl (C=O) groups excluding carboxylic acids is 1. The van der Waals surface area contributed by atoms with Gasteiger partial charge in [0.05, 0.1) is 10.7 Å². The van der Waals surface area contributed by atoms with Crippen LogP contribution >= 0.6 is 36.2 Å². The van der Waals surface area contributed by atoms with E-state index in [1.165, 1.54) is 11.3 Å². The molecule has 0 bridgehead atoms. The lowest BCUT2D eigenvalue weighted by Crippen LogP contribution is -2.40. The number of amides is 1. The number of carbonyl (C=O) groups is 1. The van der Waals surface area contributed by atoms with Crippen molar-refractivity contribution in [3.8, 4) is 0 Å². The third kappa shape index (κ3) is 7.45. The number of aryl methyl sites for hydroxylation is 2. The van der Waals surface area contributed by atoms with Gasteiger partial charge in [-0.2, -0.15) is 0 Å². The van der Waals surface area contributed by atoms with Gasteiger partial charge >= 0.3 is 0 Å². The molecule has 124 valence electrons. The average Bonchev–Trinajstić information content (AvgIpc) is 2.75. The van der Waals surface area contributed by atoms with Crippen LogP contribution < -0.4 is 11.1 Å². The van der Waals surface area contributed by atoms with Crippen molar-refractivity contribution in [1.29, 1.82) is 0 Å². The Morgan fingerprint density at radius 3 is 2.52 bits per heavy atom. The van der Waals surface area contributed by atoms with Crippen LogP contribution in [0, 0.1) is 6.92 Å². The monoisotopic (exact) mass is 355 g/mol. The SMILES string of the molecule is CCCCC(CN)NC(=O)c1sc(CCC)nc1C.Cl.Cl. The molecule has 0 aromatic carbocycles. The number of hydrogen-bond donors (Lipinski definition) is 2. The number of aromatic nitrogens is 1. The van der Waals surface area contributed by atoms with Gasteiger partial charge in [0.2, 0.25) is 0 Å². The number of unbranched alkanes of at least 4 members (excludes halogenated alkanes) is 1. The molecule has 1 atom stereocenters. The average molecular weight is 356 g/mol. The van der Waals surface area contributed by atoms with Crippen LogP contribution in [0.15, 0.2) is 0 Å². The van der Waals surface area contributed by atoms with Gasteiger partial charge < -0.3 is 11.1 Å². The fraction of sp³-hybridized carbons (Fsp3) is 0.714. The standard InChI is InChI=1S/C14H25N3OS.2ClH/c1-4-6-8-11(9-15)17-14(18)13-10(3)16-12(19-13)7-5-2;;/h11H,4-9,15H2,1-3H3,(H,17,18);2*1H. The van der Waals surface area contributed by atoms with Crippen molar-refractivity contribution in [2.24, 2.45) is 5.73 Å². The normalized spacial score (nSPS) is 11.2. The zero-order valence-electron chi connectivity index (χ0n) is 13.0. The molecule has 0 saturated carbocycles. The summed E-state index contributed by atoms with van der Waals surface area (Å²) in [5, 5.41) is 4.06. The van der Waals surface area contributed by atoms with Crippen LogP contribution in [0.5, 0.6) is 0 Å². The van der Waals surface area contributed by atoms with Crippen molar-refractivity contribution >= 4 is 42.1 Å². The molecular formula is C14H27Cl2N3OS. The van der Waals surface area contributed by atoms with Crippen molar-refractivity contribution in [1.82, 2.24) is 10.3 Å². The Kier molecular flexibility index (Phi) is 13.3. The molecule has 1 aromatic heterocycles. The lowest BCUT2D eigenvalue weighted by atomic mass is 10.1.